The lowest BCUT2D eigenvalue weighted by Gasteiger charge is -1.98. The quantitative estimate of drug-likeness (QED) is 0.540. The Kier molecular flexibility index (Phi) is 7.93. The van der Waals surface area contributed by atoms with Crippen LogP contribution in [-0.2, 0) is 0 Å². The summed E-state index contributed by atoms with van der Waals surface area (Å²) in [6.45, 7) is 10.4. The normalized spacial score (nSPS) is 7.75. The second kappa shape index (κ2) is 6.90. The summed E-state index contributed by atoms with van der Waals surface area (Å²) >= 11 is 0. The van der Waals surface area contributed by atoms with Crippen LogP contribution in [0.3, 0.4) is 0 Å². The Labute approximate surface area is 77.6 Å². The summed E-state index contributed by atoms with van der Waals surface area (Å²) in [4.78, 5) is 0. The average Bonchev–Trinajstić information content (AvgIpc) is 2.02. The molecule has 0 heterocycles. The van der Waals surface area contributed by atoms with Gasteiger partial charge in [0.1, 0.15) is 0 Å². The number of hydrogen-bond acceptors (Lipinski definition) is 0. The van der Waals surface area contributed by atoms with Crippen LogP contribution >= 0.6 is 0 Å². The maximum absolute atomic E-state index is 2.20. The van der Waals surface area contributed by atoms with Crippen LogP contribution in [-0.4, -0.2) is 0 Å². The zero-order valence-corrected chi connectivity index (χ0v) is 8.23. The molecule has 12 heavy (non-hydrogen) atoms. The van der Waals surface area contributed by atoms with Crippen molar-refractivity contribution in [1.82, 2.24) is 0 Å². The lowest BCUT2D eigenvalue weighted by atomic mass is 10.1. The first-order valence-electron chi connectivity index (χ1n) is 4.24. The van der Waals surface area contributed by atoms with Gasteiger partial charge >= 0.3 is 0 Å². The van der Waals surface area contributed by atoms with Crippen LogP contribution in [0, 0.1) is 20.8 Å². The minimum atomic E-state index is 0. The van der Waals surface area contributed by atoms with Gasteiger partial charge in [-0.2, -0.15) is 0 Å². The van der Waals surface area contributed by atoms with Crippen molar-refractivity contribution in [1.29, 1.82) is 0 Å². The topological polar surface area (TPSA) is 0 Å². The molecule has 0 aromatic heterocycles. The number of benzene rings is 1. The third kappa shape index (κ3) is 4.17. The summed E-state index contributed by atoms with van der Waals surface area (Å²) in [5.41, 5.74) is 4.11. The molecule has 0 unspecified atom stereocenters. The van der Waals surface area contributed by atoms with Crippen LogP contribution < -0.4 is 0 Å². The van der Waals surface area contributed by atoms with Crippen LogP contribution in [0.25, 0.3) is 0 Å². The third-order valence-electron chi connectivity index (χ3n) is 1.66. The van der Waals surface area contributed by atoms with Crippen molar-refractivity contribution in [3.05, 3.63) is 34.9 Å². The number of aryl methyl sites for hydroxylation is 3. The van der Waals surface area contributed by atoms with E-state index in [0.717, 1.165) is 0 Å². The first-order chi connectivity index (χ1) is 5.20. The molecule has 1 rings (SSSR count). The molecule has 0 saturated heterocycles. The van der Waals surface area contributed by atoms with Gasteiger partial charge in [-0.05, 0) is 31.9 Å². The van der Waals surface area contributed by atoms with Gasteiger partial charge in [0.05, 0.1) is 0 Å². The van der Waals surface area contributed by atoms with Gasteiger partial charge in [0, 0.05) is 0 Å². The molecular weight excluding hydrogens is 144 g/mol. The van der Waals surface area contributed by atoms with Crippen LogP contribution in [0.5, 0.6) is 0 Å². The van der Waals surface area contributed by atoms with Crippen LogP contribution in [0.1, 0.15) is 38.0 Å². The summed E-state index contributed by atoms with van der Waals surface area (Å²) in [6.07, 6.45) is 0. The Morgan fingerprint density at radius 1 is 0.833 bits per heavy atom. The summed E-state index contributed by atoms with van der Waals surface area (Å²) in [6, 6.07) is 6.50. The minimum Gasteiger partial charge on any atom is -0.0776 e. The Morgan fingerprint density at radius 2 is 1.33 bits per heavy atom. The van der Waals surface area contributed by atoms with Crippen LogP contribution in [0.2, 0.25) is 0 Å². The van der Waals surface area contributed by atoms with Gasteiger partial charge in [0.25, 0.3) is 0 Å². The Balaban J connectivity index is 0. The van der Waals surface area contributed by atoms with Crippen molar-refractivity contribution < 1.29 is 0 Å². The molecule has 0 heteroatoms. The van der Waals surface area contributed by atoms with Crippen molar-refractivity contribution >= 4 is 0 Å². The largest absolute Gasteiger partial charge is 0.0776 e. The van der Waals surface area contributed by atoms with E-state index in [9.17, 15) is 0 Å². The predicted octanol–water partition coefficient (Wildman–Crippen LogP) is 4.27. The van der Waals surface area contributed by atoms with Gasteiger partial charge < -0.3 is 0 Å². The fourth-order valence-corrected chi connectivity index (χ4v) is 0.891. The van der Waals surface area contributed by atoms with E-state index in [0.29, 0.717) is 0 Å². The van der Waals surface area contributed by atoms with Crippen molar-refractivity contribution in [3.8, 4) is 0 Å². The Hall–Kier alpha value is -0.780. The summed E-state index contributed by atoms with van der Waals surface area (Å²) in [5, 5.41) is 0. The maximum atomic E-state index is 2.20. The predicted molar refractivity (Wildman–Crippen MR) is 58.7 cm³/mol. The van der Waals surface area contributed by atoms with Gasteiger partial charge in [0.15, 0.2) is 0 Å². The summed E-state index contributed by atoms with van der Waals surface area (Å²) < 4.78 is 0. The van der Waals surface area contributed by atoms with Gasteiger partial charge in [-0.25, -0.2) is 0 Å². The van der Waals surface area contributed by atoms with Gasteiger partial charge in [-0.15, -0.1) is 0 Å². The maximum Gasteiger partial charge on any atom is -0.0395 e. The summed E-state index contributed by atoms with van der Waals surface area (Å²) in [5.74, 6) is 0. The molecule has 0 fully saturated rings. The second-order valence-corrected chi connectivity index (χ2v) is 2.59. The van der Waals surface area contributed by atoms with Gasteiger partial charge in [-0.3, -0.25) is 0 Å². The van der Waals surface area contributed by atoms with Gasteiger partial charge in [-0.1, -0.05) is 45.0 Å². The van der Waals surface area contributed by atoms with E-state index < -0.39 is 0 Å². The standard InChI is InChI=1S/C9H12.C2H6.CH4/c1-7-4-5-8(2)9(3)6-7;1-2;/h4-6H,1-3H3;1-2H3;1H4. The molecule has 0 N–H and O–H groups in total. The van der Waals surface area contributed by atoms with Crippen LogP contribution in [0.15, 0.2) is 18.2 Å². The Bertz CT molecular complexity index is 211. The zero-order chi connectivity index (χ0) is 8.85. The van der Waals surface area contributed by atoms with E-state index in [1.54, 1.807) is 0 Å². The molecule has 0 aliphatic carbocycles. The molecule has 0 aliphatic rings. The first kappa shape index (κ1) is 13.8. The molecule has 0 saturated carbocycles. The van der Waals surface area contributed by atoms with E-state index in [1.165, 1.54) is 16.7 Å². The van der Waals surface area contributed by atoms with E-state index in [4.69, 9.17) is 0 Å². The fourth-order valence-electron chi connectivity index (χ4n) is 0.891. The van der Waals surface area contributed by atoms with Crippen molar-refractivity contribution in [3.63, 3.8) is 0 Å². The average molecular weight is 166 g/mol. The number of hydrogen-bond donors (Lipinski definition) is 0. The molecule has 0 aliphatic heterocycles. The Morgan fingerprint density at radius 3 is 1.67 bits per heavy atom. The molecule has 0 amide bonds. The molecule has 0 bridgehead atoms. The lowest BCUT2D eigenvalue weighted by Crippen LogP contribution is -1.79. The molecule has 70 valence electrons. The molecule has 0 spiro atoms. The zero-order valence-electron chi connectivity index (χ0n) is 8.23. The molecule has 0 radical (unpaired) electrons. The van der Waals surface area contributed by atoms with E-state index in [2.05, 4.69) is 39.0 Å². The number of rotatable bonds is 0. The highest BCUT2D eigenvalue weighted by Gasteiger charge is 1.89. The SMILES string of the molecule is C.CC.Cc1ccc(C)c(C)c1. The highest BCUT2D eigenvalue weighted by atomic mass is 13.9. The van der Waals surface area contributed by atoms with E-state index >= 15 is 0 Å². The smallest absolute Gasteiger partial charge is 0.0395 e. The van der Waals surface area contributed by atoms with Crippen molar-refractivity contribution in [2.75, 3.05) is 0 Å². The second-order valence-electron chi connectivity index (χ2n) is 2.59. The lowest BCUT2D eigenvalue weighted by molar-refractivity contribution is 1.30. The monoisotopic (exact) mass is 166 g/mol. The highest BCUT2D eigenvalue weighted by Crippen LogP contribution is 2.07. The molecular formula is C12H22. The summed E-state index contributed by atoms with van der Waals surface area (Å²) in [7, 11) is 0. The molecule has 0 nitrogen and oxygen atoms in total. The first-order valence-corrected chi connectivity index (χ1v) is 4.24. The van der Waals surface area contributed by atoms with E-state index in [-0.39, 0.29) is 7.43 Å². The van der Waals surface area contributed by atoms with E-state index in [1.807, 2.05) is 13.8 Å². The molecule has 1 aromatic rings. The highest BCUT2D eigenvalue weighted by molar-refractivity contribution is 5.28. The molecule has 1 aromatic carbocycles. The van der Waals surface area contributed by atoms with Gasteiger partial charge in [0.2, 0.25) is 0 Å². The molecule has 0 atom stereocenters. The van der Waals surface area contributed by atoms with Crippen LogP contribution in [0.4, 0.5) is 0 Å². The fraction of sp³-hybridized carbons (Fsp3) is 0.500. The third-order valence-corrected chi connectivity index (χ3v) is 1.66. The van der Waals surface area contributed by atoms with Crippen molar-refractivity contribution in [2.24, 2.45) is 0 Å². The minimum absolute atomic E-state index is 0. The van der Waals surface area contributed by atoms with Crippen molar-refractivity contribution in [2.45, 2.75) is 42.0 Å².